The summed E-state index contributed by atoms with van der Waals surface area (Å²) in [5.74, 6) is 4.26. The Hall–Kier alpha value is -3.01. The average Bonchev–Trinajstić information content (AvgIpc) is 3.58. The van der Waals surface area contributed by atoms with Crippen molar-refractivity contribution in [2.45, 2.75) is 98.2 Å². The lowest BCUT2D eigenvalue weighted by Crippen LogP contribution is -2.76. The van der Waals surface area contributed by atoms with E-state index in [-0.39, 0.29) is 29.4 Å². The fraction of sp³-hybridized carbons (Fsp3) is 0.639. The van der Waals surface area contributed by atoms with Crippen molar-refractivity contribution >= 4 is 5.78 Å². The summed E-state index contributed by atoms with van der Waals surface area (Å²) in [4.78, 5) is 18.3. The summed E-state index contributed by atoms with van der Waals surface area (Å²) in [6, 6.07) is 6.67. The number of benzene rings is 2. The first-order valence-corrected chi connectivity index (χ1v) is 16.9. The van der Waals surface area contributed by atoms with Gasteiger partial charge in [0, 0.05) is 46.7 Å². The summed E-state index contributed by atoms with van der Waals surface area (Å²) >= 11 is 0. The SMILES string of the molecule is COc1ccc2c3c1OC1C(Oc4cc(OC)c5c6c4C[C@H]4N(C)CCC67C(O5)C(=O)CCC47O)CCC4C(C2)N(C)CCC341. The second-order valence-electron chi connectivity index (χ2n) is 15.1. The first-order valence-electron chi connectivity index (χ1n) is 16.9. The van der Waals surface area contributed by atoms with Crippen molar-refractivity contribution in [2.24, 2.45) is 5.92 Å². The fourth-order valence-electron chi connectivity index (χ4n) is 12.0. The maximum atomic E-state index is 13.5. The number of ether oxygens (including phenoxy) is 5. The molecule has 4 aliphatic heterocycles. The van der Waals surface area contributed by atoms with Gasteiger partial charge in [0.25, 0.3) is 0 Å². The number of rotatable bonds is 4. The van der Waals surface area contributed by atoms with Crippen LogP contribution in [0.25, 0.3) is 0 Å². The van der Waals surface area contributed by atoms with Crippen LogP contribution >= 0.6 is 0 Å². The van der Waals surface area contributed by atoms with Crippen LogP contribution < -0.4 is 23.7 Å². The van der Waals surface area contributed by atoms with Crippen molar-refractivity contribution < 1.29 is 33.6 Å². The smallest absolute Gasteiger partial charge is 0.174 e. The lowest BCUT2D eigenvalue weighted by molar-refractivity contribution is -0.185. The number of carbonyl (C=O) groups excluding carboxylic acids is 1. The number of methoxy groups -OCH3 is 2. The fourth-order valence-corrected chi connectivity index (χ4v) is 12.0. The zero-order valence-corrected chi connectivity index (χ0v) is 26.6. The van der Waals surface area contributed by atoms with Crippen LogP contribution in [0.2, 0.25) is 0 Å². The van der Waals surface area contributed by atoms with Crippen LogP contribution in [0, 0.1) is 5.92 Å². The molecule has 0 aromatic heterocycles. The van der Waals surface area contributed by atoms with Crippen molar-refractivity contribution in [1.82, 2.24) is 9.80 Å². The van der Waals surface area contributed by atoms with Crippen LogP contribution in [-0.2, 0) is 28.5 Å². The van der Waals surface area contributed by atoms with E-state index in [9.17, 15) is 9.90 Å². The van der Waals surface area contributed by atoms with Crippen LogP contribution in [0.3, 0.4) is 0 Å². The molecule has 10 rings (SSSR count). The first kappa shape index (κ1) is 27.1. The van der Waals surface area contributed by atoms with Crippen molar-refractivity contribution in [3.05, 3.63) is 40.5 Å². The Kier molecular flexibility index (Phi) is 5.22. The maximum Gasteiger partial charge on any atom is 0.174 e. The van der Waals surface area contributed by atoms with Gasteiger partial charge in [-0.25, -0.2) is 0 Å². The number of hydrogen-bond donors (Lipinski definition) is 1. The van der Waals surface area contributed by atoms with E-state index < -0.39 is 17.1 Å². The molecule has 1 N–H and O–H groups in total. The minimum Gasteiger partial charge on any atom is -0.493 e. The Morgan fingerprint density at radius 2 is 1.71 bits per heavy atom. The maximum absolute atomic E-state index is 13.5. The van der Waals surface area contributed by atoms with Crippen LogP contribution in [0.15, 0.2) is 18.2 Å². The third kappa shape index (κ3) is 2.92. The van der Waals surface area contributed by atoms with E-state index in [2.05, 4.69) is 36.0 Å². The highest BCUT2D eigenvalue weighted by molar-refractivity contribution is 5.90. The second kappa shape index (κ2) is 8.66. The highest BCUT2D eigenvalue weighted by Crippen LogP contribution is 2.67. The first-order chi connectivity index (χ1) is 21.8. The van der Waals surface area contributed by atoms with Gasteiger partial charge < -0.3 is 38.6 Å². The monoisotopic (exact) mass is 614 g/mol. The van der Waals surface area contributed by atoms with Crippen LogP contribution in [-0.4, -0.2) is 98.1 Å². The van der Waals surface area contributed by atoms with Crippen LogP contribution in [0.4, 0.5) is 0 Å². The van der Waals surface area contributed by atoms with Gasteiger partial charge in [0.1, 0.15) is 18.0 Å². The molecule has 4 bridgehead atoms. The van der Waals surface area contributed by atoms with E-state index in [1.165, 1.54) is 11.1 Å². The van der Waals surface area contributed by atoms with E-state index in [0.717, 1.165) is 67.1 Å². The molecule has 238 valence electrons. The number of aliphatic hydroxyl groups is 1. The van der Waals surface area contributed by atoms with Crippen molar-refractivity contribution in [2.75, 3.05) is 41.4 Å². The Morgan fingerprint density at radius 3 is 2.53 bits per heavy atom. The summed E-state index contributed by atoms with van der Waals surface area (Å²) in [6.45, 7) is 1.83. The van der Waals surface area contributed by atoms with E-state index in [0.29, 0.717) is 49.1 Å². The second-order valence-corrected chi connectivity index (χ2v) is 15.1. The van der Waals surface area contributed by atoms with Crippen LogP contribution in [0.1, 0.15) is 60.8 Å². The van der Waals surface area contributed by atoms with Gasteiger partial charge in [-0.15, -0.1) is 0 Å². The Balaban J connectivity index is 1.12. The molecule has 2 saturated carbocycles. The predicted octanol–water partition coefficient (Wildman–Crippen LogP) is 3.17. The third-order valence-electron chi connectivity index (χ3n) is 13.8. The molecule has 45 heavy (non-hydrogen) atoms. The molecular weight excluding hydrogens is 572 g/mol. The molecule has 4 fully saturated rings. The number of Topliss-reactive ketones (excluding diaryl/α,β-unsaturated/α-hetero) is 1. The van der Waals surface area contributed by atoms with Gasteiger partial charge in [0.2, 0.25) is 0 Å². The number of ketones is 1. The minimum absolute atomic E-state index is 0.0740. The molecule has 9 atom stereocenters. The van der Waals surface area contributed by atoms with Crippen molar-refractivity contribution in [3.63, 3.8) is 0 Å². The summed E-state index contributed by atoms with van der Waals surface area (Å²) in [5.41, 5.74) is 2.79. The summed E-state index contributed by atoms with van der Waals surface area (Å²) in [6.07, 6.45) is 5.11. The quantitative estimate of drug-likeness (QED) is 0.558. The molecule has 8 unspecified atom stereocenters. The molecule has 9 heteroatoms. The van der Waals surface area contributed by atoms with Crippen molar-refractivity contribution in [1.29, 1.82) is 0 Å². The van der Waals surface area contributed by atoms with Crippen molar-refractivity contribution in [3.8, 4) is 28.7 Å². The predicted molar refractivity (Wildman–Crippen MR) is 164 cm³/mol. The number of nitrogens with zero attached hydrogens (tertiary/aromatic N) is 2. The lowest BCUT2D eigenvalue weighted by atomic mass is 9.49. The van der Waals surface area contributed by atoms with E-state index >= 15 is 0 Å². The molecule has 2 aromatic rings. The van der Waals surface area contributed by atoms with Gasteiger partial charge in [-0.05, 0) is 89.7 Å². The van der Waals surface area contributed by atoms with Gasteiger partial charge in [-0.2, -0.15) is 0 Å². The van der Waals surface area contributed by atoms with Gasteiger partial charge in [0.05, 0.1) is 25.2 Å². The highest BCUT2D eigenvalue weighted by Gasteiger charge is 2.73. The summed E-state index contributed by atoms with van der Waals surface area (Å²) < 4.78 is 32.7. The number of likely N-dealkylation sites (N-methyl/N-ethyl adjacent to an activating group) is 2. The zero-order chi connectivity index (χ0) is 30.6. The Labute approximate surface area is 263 Å². The molecule has 2 saturated heterocycles. The largest absolute Gasteiger partial charge is 0.493 e. The number of hydrogen-bond acceptors (Lipinski definition) is 9. The normalized spacial score (nSPS) is 41.5. The van der Waals surface area contributed by atoms with Crippen LogP contribution in [0.5, 0.6) is 28.7 Å². The number of carbonyl (C=O) groups is 1. The Bertz CT molecular complexity index is 1680. The standard InChI is InChI=1S/C36H42N2O7/c1-37-13-11-34-20-6-8-24(33(34)45-30-23(41-3)7-5-18(28(30)34)15-21(20)37)43-25-17-26(42-4)31-29-19(25)16-27-36(40)10-9-22(39)32(44-31)35(29,36)12-14-38(27)2/h5,7,17,20-21,24,27,32-33,40H,6,8-16H2,1-4H3/t20?,21?,24?,27-,32?,33?,34?,35?,36?/m1/s1. The highest BCUT2D eigenvalue weighted by atomic mass is 16.6. The third-order valence-corrected chi connectivity index (χ3v) is 13.8. The Morgan fingerprint density at radius 1 is 0.911 bits per heavy atom. The molecule has 0 amide bonds. The molecule has 2 aromatic carbocycles. The van der Waals surface area contributed by atoms with E-state index in [1.54, 1.807) is 14.2 Å². The molecule has 4 heterocycles. The topological polar surface area (TPSA) is 89.9 Å². The lowest BCUT2D eigenvalue weighted by Gasteiger charge is -2.62. The summed E-state index contributed by atoms with van der Waals surface area (Å²) in [7, 11) is 7.76. The van der Waals surface area contributed by atoms with Gasteiger partial charge in [-0.3, -0.25) is 4.79 Å². The number of likely N-dealkylation sites (tertiary alicyclic amines) is 2. The minimum atomic E-state index is -1.05. The number of piperidine rings is 2. The summed E-state index contributed by atoms with van der Waals surface area (Å²) in [5, 5.41) is 12.5. The van der Waals surface area contributed by atoms with Gasteiger partial charge in [0.15, 0.2) is 34.9 Å². The van der Waals surface area contributed by atoms with Gasteiger partial charge >= 0.3 is 0 Å². The zero-order valence-electron chi connectivity index (χ0n) is 26.6. The molecular formula is C36H42N2O7. The molecule has 8 aliphatic rings. The molecule has 0 radical (unpaired) electrons. The molecule has 2 spiro atoms. The molecule has 9 nitrogen and oxygen atoms in total. The molecule has 4 aliphatic carbocycles. The average molecular weight is 615 g/mol. The van der Waals surface area contributed by atoms with Gasteiger partial charge in [-0.1, -0.05) is 6.07 Å². The van der Waals surface area contributed by atoms with E-state index in [4.69, 9.17) is 23.7 Å². The van der Waals surface area contributed by atoms with E-state index in [1.807, 2.05) is 6.07 Å².